The molecule has 2 rings (SSSR count). The van der Waals surface area contributed by atoms with Crippen LogP contribution in [0.15, 0.2) is 4.42 Å². The van der Waals surface area contributed by atoms with Gasteiger partial charge in [-0.15, -0.1) is 0 Å². The van der Waals surface area contributed by atoms with Crippen LogP contribution >= 0.6 is 0 Å². The third kappa shape index (κ3) is 3.16. The third-order valence-electron chi connectivity index (χ3n) is 3.57. The Balaban J connectivity index is 2.40. The molecule has 0 bridgehead atoms. The fourth-order valence-corrected chi connectivity index (χ4v) is 2.63. The van der Waals surface area contributed by atoms with Gasteiger partial charge in [-0.05, 0) is 12.8 Å². The summed E-state index contributed by atoms with van der Waals surface area (Å²) in [5.41, 5.74) is -1.12. The van der Waals surface area contributed by atoms with Crippen molar-refractivity contribution in [2.75, 3.05) is 0 Å². The summed E-state index contributed by atoms with van der Waals surface area (Å²) in [6.07, 6.45) is -6.95. The van der Waals surface area contributed by atoms with E-state index in [1.54, 1.807) is 0 Å². The van der Waals surface area contributed by atoms with Gasteiger partial charge in [0.25, 0.3) is 6.43 Å². The molecule has 1 aromatic rings. The van der Waals surface area contributed by atoms with E-state index in [0.29, 0.717) is 12.8 Å². The second kappa shape index (κ2) is 5.61. The summed E-state index contributed by atoms with van der Waals surface area (Å²) in [6.45, 7) is 0. The van der Waals surface area contributed by atoms with Gasteiger partial charge in [0, 0.05) is 5.92 Å². The molecule has 0 aromatic carbocycles. The van der Waals surface area contributed by atoms with Gasteiger partial charge < -0.3 is 9.52 Å². The number of rotatable bonds is 3. The first-order valence-electron chi connectivity index (χ1n) is 6.30. The van der Waals surface area contributed by atoms with Gasteiger partial charge in [-0.1, -0.05) is 12.8 Å². The van der Waals surface area contributed by atoms with Gasteiger partial charge in [0.15, 0.2) is 11.6 Å². The predicted octanol–water partition coefficient (Wildman–Crippen LogP) is 4.15. The lowest BCUT2D eigenvalue weighted by Crippen LogP contribution is -2.31. The highest BCUT2D eigenvalue weighted by atomic mass is 19.4. The summed E-state index contributed by atoms with van der Waals surface area (Å²) < 4.78 is 69.0. The first-order chi connectivity index (χ1) is 9.71. The molecule has 1 N–H and O–H groups in total. The summed E-state index contributed by atoms with van der Waals surface area (Å²) in [5, 5.41) is 8.76. The van der Waals surface area contributed by atoms with Crippen LogP contribution in [0.2, 0.25) is 0 Å². The molecule has 1 heterocycles. The van der Waals surface area contributed by atoms with Gasteiger partial charge in [-0.25, -0.2) is 18.6 Å². The number of carbonyl (C=O) groups is 1. The number of alkyl halides is 5. The van der Waals surface area contributed by atoms with Crippen molar-refractivity contribution in [3.63, 3.8) is 0 Å². The van der Waals surface area contributed by atoms with Crippen molar-refractivity contribution in [1.29, 1.82) is 0 Å². The van der Waals surface area contributed by atoms with E-state index >= 15 is 0 Å². The lowest BCUT2D eigenvalue weighted by atomic mass is 9.78. The second-order valence-corrected chi connectivity index (χ2v) is 4.91. The van der Waals surface area contributed by atoms with E-state index in [4.69, 9.17) is 9.52 Å². The van der Waals surface area contributed by atoms with Crippen molar-refractivity contribution in [3.05, 3.63) is 17.3 Å². The maximum atomic E-state index is 13.0. The van der Waals surface area contributed by atoms with Crippen LogP contribution in [0.1, 0.15) is 60.2 Å². The van der Waals surface area contributed by atoms with Crippen LogP contribution in [0.4, 0.5) is 22.0 Å². The van der Waals surface area contributed by atoms with Gasteiger partial charge in [0.2, 0.25) is 5.76 Å². The largest absolute Gasteiger partial charge is 0.475 e. The molecule has 0 radical (unpaired) electrons. The molecular formula is C12H12F5NO3. The van der Waals surface area contributed by atoms with Gasteiger partial charge in [-0.2, -0.15) is 13.2 Å². The maximum absolute atomic E-state index is 13.0. The Kier molecular flexibility index (Phi) is 4.20. The number of oxazole rings is 1. The van der Waals surface area contributed by atoms with Crippen molar-refractivity contribution in [2.24, 2.45) is 5.92 Å². The quantitative estimate of drug-likeness (QED) is 0.852. The van der Waals surface area contributed by atoms with E-state index in [-0.39, 0.29) is 12.8 Å². The summed E-state index contributed by atoms with van der Waals surface area (Å²) in [4.78, 5) is 14.1. The molecule has 118 valence electrons. The van der Waals surface area contributed by atoms with Crippen molar-refractivity contribution < 1.29 is 36.3 Å². The van der Waals surface area contributed by atoms with Crippen molar-refractivity contribution in [2.45, 2.75) is 44.2 Å². The Morgan fingerprint density at radius 3 is 2.38 bits per heavy atom. The van der Waals surface area contributed by atoms with Crippen LogP contribution in [0, 0.1) is 5.92 Å². The van der Waals surface area contributed by atoms with Crippen LogP contribution in [0.5, 0.6) is 0 Å². The third-order valence-corrected chi connectivity index (χ3v) is 3.57. The van der Waals surface area contributed by atoms with Gasteiger partial charge in [0.05, 0.1) is 5.92 Å². The first-order valence-corrected chi connectivity index (χ1v) is 6.30. The lowest BCUT2D eigenvalue weighted by molar-refractivity contribution is -0.188. The smallest absolute Gasteiger partial charge is 0.392 e. The number of aromatic carboxylic acids is 1. The Labute approximate surface area is 116 Å². The van der Waals surface area contributed by atoms with E-state index in [9.17, 15) is 26.7 Å². The summed E-state index contributed by atoms with van der Waals surface area (Å²) in [5.74, 6) is -6.40. The van der Waals surface area contributed by atoms with E-state index in [2.05, 4.69) is 4.98 Å². The fraction of sp³-hybridized carbons (Fsp3) is 0.667. The van der Waals surface area contributed by atoms with E-state index < -0.39 is 47.8 Å². The summed E-state index contributed by atoms with van der Waals surface area (Å²) in [7, 11) is 0. The number of halogens is 5. The average molecular weight is 313 g/mol. The minimum absolute atomic E-state index is 0.0758. The van der Waals surface area contributed by atoms with E-state index in [1.807, 2.05) is 0 Å². The summed E-state index contributed by atoms with van der Waals surface area (Å²) in [6, 6.07) is 0. The molecule has 4 nitrogen and oxygen atoms in total. The molecule has 21 heavy (non-hydrogen) atoms. The normalized spacial score (nSPS) is 23.5. The molecule has 0 aliphatic heterocycles. The molecular weight excluding hydrogens is 301 g/mol. The number of nitrogens with zero attached hydrogens (tertiary/aromatic N) is 1. The van der Waals surface area contributed by atoms with Crippen LogP contribution < -0.4 is 0 Å². The Bertz CT molecular complexity index is 525. The molecule has 0 amide bonds. The van der Waals surface area contributed by atoms with Gasteiger partial charge in [0.1, 0.15) is 0 Å². The van der Waals surface area contributed by atoms with Crippen LogP contribution in [0.25, 0.3) is 0 Å². The molecule has 9 heteroatoms. The molecule has 2 atom stereocenters. The highest BCUT2D eigenvalue weighted by Crippen LogP contribution is 2.46. The number of carboxylic acids is 1. The Morgan fingerprint density at radius 1 is 1.29 bits per heavy atom. The van der Waals surface area contributed by atoms with Crippen molar-refractivity contribution in [3.8, 4) is 0 Å². The van der Waals surface area contributed by atoms with Crippen LogP contribution in [0.3, 0.4) is 0 Å². The van der Waals surface area contributed by atoms with Gasteiger partial charge >= 0.3 is 12.1 Å². The number of hydrogen-bond donors (Lipinski definition) is 1. The molecule has 0 spiro atoms. The minimum Gasteiger partial charge on any atom is -0.475 e. The van der Waals surface area contributed by atoms with Gasteiger partial charge in [-0.3, -0.25) is 0 Å². The highest BCUT2D eigenvalue weighted by molar-refractivity contribution is 5.85. The SMILES string of the molecule is O=C(O)c1oc(C2CCCCC2C(F)(F)F)nc1C(F)F. The van der Waals surface area contributed by atoms with Crippen molar-refractivity contribution in [1.82, 2.24) is 4.98 Å². The average Bonchev–Trinajstić information content (AvgIpc) is 2.83. The standard InChI is InChI=1S/C12H12F5NO3/c13-9(14)7-8(11(19)20)21-10(18-7)5-3-1-2-4-6(5)12(15,16)17/h5-6,9H,1-4H2,(H,19,20). The highest BCUT2D eigenvalue weighted by Gasteiger charge is 2.48. The van der Waals surface area contributed by atoms with Crippen LogP contribution in [-0.2, 0) is 0 Å². The van der Waals surface area contributed by atoms with Crippen LogP contribution in [-0.4, -0.2) is 22.2 Å². The second-order valence-electron chi connectivity index (χ2n) is 4.91. The molecule has 1 aliphatic carbocycles. The Morgan fingerprint density at radius 2 is 1.90 bits per heavy atom. The molecule has 1 saturated carbocycles. The maximum Gasteiger partial charge on any atom is 0.392 e. The number of carboxylic acid groups (broad SMARTS) is 1. The molecule has 1 aliphatic rings. The topological polar surface area (TPSA) is 63.3 Å². The first kappa shape index (κ1) is 15.7. The molecule has 1 fully saturated rings. The Hall–Kier alpha value is -1.67. The minimum atomic E-state index is -4.51. The monoisotopic (exact) mass is 313 g/mol. The fourth-order valence-electron chi connectivity index (χ4n) is 2.63. The zero-order chi connectivity index (χ0) is 15.8. The zero-order valence-electron chi connectivity index (χ0n) is 10.7. The summed E-state index contributed by atoms with van der Waals surface area (Å²) >= 11 is 0. The predicted molar refractivity (Wildman–Crippen MR) is 59.2 cm³/mol. The molecule has 1 aromatic heterocycles. The number of aromatic nitrogens is 1. The number of hydrogen-bond acceptors (Lipinski definition) is 3. The van der Waals surface area contributed by atoms with Crippen molar-refractivity contribution >= 4 is 5.97 Å². The van der Waals surface area contributed by atoms with E-state index in [1.165, 1.54) is 0 Å². The zero-order valence-corrected chi connectivity index (χ0v) is 10.7. The molecule has 2 unspecified atom stereocenters. The molecule has 0 saturated heterocycles. The lowest BCUT2D eigenvalue weighted by Gasteiger charge is -2.30. The van der Waals surface area contributed by atoms with E-state index in [0.717, 1.165) is 0 Å².